The summed E-state index contributed by atoms with van der Waals surface area (Å²) >= 11 is 0. The summed E-state index contributed by atoms with van der Waals surface area (Å²) in [5.74, 6) is -1.01. The molecule has 0 spiro atoms. The van der Waals surface area contributed by atoms with Crippen LogP contribution in [0.3, 0.4) is 0 Å². The summed E-state index contributed by atoms with van der Waals surface area (Å²) in [4.78, 5) is 10.1. The van der Waals surface area contributed by atoms with E-state index in [-0.39, 0.29) is 19.0 Å². The maximum Gasteiger partial charge on any atom is 0.323 e. The standard InChI is InChI=1S/C5H11NO3.ClH/c1-2-6-4(3-7)5(8)9;/h4,6-7H,2-3H2,1H3,(H,8,9);1H. The first-order valence-electron chi connectivity index (χ1n) is 2.79. The van der Waals surface area contributed by atoms with E-state index in [0.717, 1.165) is 0 Å². The summed E-state index contributed by atoms with van der Waals surface area (Å²) in [5.41, 5.74) is 0. The van der Waals surface area contributed by atoms with Gasteiger partial charge in [0.2, 0.25) is 0 Å². The lowest BCUT2D eigenvalue weighted by Gasteiger charge is -2.07. The fourth-order valence-electron chi connectivity index (χ4n) is 0.476. The lowest BCUT2D eigenvalue weighted by atomic mass is 10.3. The van der Waals surface area contributed by atoms with Gasteiger partial charge < -0.3 is 15.5 Å². The molecule has 0 bridgehead atoms. The van der Waals surface area contributed by atoms with E-state index in [2.05, 4.69) is 5.32 Å². The molecule has 10 heavy (non-hydrogen) atoms. The van der Waals surface area contributed by atoms with Gasteiger partial charge in [0.1, 0.15) is 6.04 Å². The second-order valence-electron chi connectivity index (χ2n) is 1.63. The average molecular weight is 170 g/mol. The first kappa shape index (κ1) is 12.4. The summed E-state index contributed by atoms with van der Waals surface area (Å²) in [6.45, 7) is 1.98. The Morgan fingerprint density at radius 2 is 2.20 bits per heavy atom. The number of aliphatic hydroxyl groups excluding tert-OH is 1. The van der Waals surface area contributed by atoms with Gasteiger partial charge in [-0.05, 0) is 6.54 Å². The molecule has 1 atom stereocenters. The Hall–Kier alpha value is -0.320. The molecular weight excluding hydrogens is 158 g/mol. The third kappa shape index (κ3) is 4.55. The molecule has 62 valence electrons. The topological polar surface area (TPSA) is 69.6 Å². The van der Waals surface area contributed by atoms with Gasteiger partial charge in [-0.3, -0.25) is 4.79 Å². The smallest absolute Gasteiger partial charge is 0.323 e. The number of aliphatic carboxylic acids is 1. The Kier molecular flexibility index (Phi) is 8.40. The number of rotatable bonds is 4. The van der Waals surface area contributed by atoms with E-state index in [0.29, 0.717) is 6.54 Å². The number of carboxylic acid groups (broad SMARTS) is 1. The normalized spacial score (nSPS) is 11.8. The summed E-state index contributed by atoms with van der Waals surface area (Å²) in [6, 6.07) is -0.810. The second kappa shape index (κ2) is 6.80. The summed E-state index contributed by atoms with van der Waals surface area (Å²) in [5, 5.41) is 19.2. The molecule has 0 saturated carbocycles. The molecule has 0 aromatic heterocycles. The van der Waals surface area contributed by atoms with E-state index in [1.807, 2.05) is 0 Å². The zero-order chi connectivity index (χ0) is 7.28. The van der Waals surface area contributed by atoms with Crippen LogP contribution in [0.25, 0.3) is 0 Å². The Morgan fingerprint density at radius 3 is 2.30 bits per heavy atom. The van der Waals surface area contributed by atoms with Gasteiger partial charge in [-0.2, -0.15) is 0 Å². The minimum absolute atomic E-state index is 0. The number of aliphatic hydroxyl groups is 1. The molecule has 0 fully saturated rings. The molecule has 0 aliphatic heterocycles. The zero-order valence-electron chi connectivity index (χ0n) is 5.70. The van der Waals surface area contributed by atoms with Crippen molar-refractivity contribution in [3.63, 3.8) is 0 Å². The van der Waals surface area contributed by atoms with Gasteiger partial charge in [-0.25, -0.2) is 0 Å². The molecular formula is C5H12ClNO3. The van der Waals surface area contributed by atoms with Crippen LogP contribution >= 0.6 is 12.4 Å². The number of hydrogen-bond acceptors (Lipinski definition) is 3. The van der Waals surface area contributed by atoms with E-state index in [4.69, 9.17) is 10.2 Å². The van der Waals surface area contributed by atoms with E-state index < -0.39 is 12.0 Å². The Bertz CT molecular complexity index is 98.9. The highest BCUT2D eigenvalue weighted by Gasteiger charge is 2.12. The number of likely N-dealkylation sites (N-methyl/N-ethyl adjacent to an activating group) is 1. The highest BCUT2D eigenvalue weighted by atomic mass is 35.5. The summed E-state index contributed by atoms with van der Waals surface area (Å²) < 4.78 is 0. The third-order valence-corrected chi connectivity index (χ3v) is 0.931. The first-order chi connectivity index (χ1) is 4.22. The van der Waals surface area contributed by atoms with E-state index in [9.17, 15) is 4.79 Å². The van der Waals surface area contributed by atoms with Crippen molar-refractivity contribution in [1.82, 2.24) is 5.32 Å². The maximum absolute atomic E-state index is 10.1. The van der Waals surface area contributed by atoms with Gasteiger partial charge in [0, 0.05) is 0 Å². The Balaban J connectivity index is 0. The largest absolute Gasteiger partial charge is 0.480 e. The van der Waals surface area contributed by atoms with Gasteiger partial charge in [-0.1, -0.05) is 6.92 Å². The van der Waals surface area contributed by atoms with Crippen LogP contribution in [0.5, 0.6) is 0 Å². The molecule has 0 amide bonds. The average Bonchev–Trinajstić information content (AvgIpc) is 1.82. The molecule has 0 aliphatic rings. The fraction of sp³-hybridized carbons (Fsp3) is 0.800. The molecule has 0 aliphatic carbocycles. The van der Waals surface area contributed by atoms with Crippen molar-refractivity contribution in [1.29, 1.82) is 0 Å². The Labute approximate surface area is 65.7 Å². The van der Waals surface area contributed by atoms with Crippen molar-refractivity contribution in [3.8, 4) is 0 Å². The summed E-state index contributed by atoms with van der Waals surface area (Å²) in [6.07, 6.45) is 0. The van der Waals surface area contributed by atoms with Gasteiger partial charge in [0.25, 0.3) is 0 Å². The molecule has 0 aromatic rings. The van der Waals surface area contributed by atoms with Crippen LogP contribution in [0.4, 0.5) is 0 Å². The fourth-order valence-corrected chi connectivity index (χ4v) is 0.476. The van der Waals surface area contributed by atoms with E-state index in [1.54, 1.807) is 6.92 Å². The quantitative estimate of drug-likeness (QED) is 0.529. The van der Waals surface area contributed by atoms with Crippen molar-refractivity contribution in [2.45, 2.75) is 13.0 Å². The first-order valence-corrected chi connectivity index (χ1v) is 2.79. The predicted molar refractivity (Wildman–Crippen MR) is 39.4 cm³/mol. The monoisotopic (exact) mass is 169 g/mol. The minimum Gasteiger partial charge on any atom is -0.480 e. The molecule has 0 rings (SSSR count). The molecule has 0 aromatic carbocycles. The number of halogens is 1. The van der Waals surface area contributed by atoms with Gasteiger partial charge in [0.05, 0.1) is 6.61 Å². The van der Waals surface area contributed by atoms with Crippen molar-refractivity contribution in [2.24, 2.45) is 0 Å². The van der Waals surface area contributed by atoms with Crippen molar-refractivity contribution in [2.75, 3.05) is 13.2 Å². The zero-order valence-corrected chi connectivity index (χ0v) is 6.52. The lowest BCUT2D eigenvalue weighted by Crippen LogP contribution is -2.39. The Morgan fingerprint density at radius 1 is 1.70 bits per heavy atom. The maximum atomic E-state index is 10.1. The van der Waals surface area contributed by atoms with Crippen molar-refractivity contribution in [3.05, 3.63) is 0 Å². The molecule has 3 N–H and O–H groups in total. The SMILES string of the molecule is CCNC(CO)C(=O)O.Cl. The minimum atomic E-state index is -1.01. The van der Waals surface area contributed by atoms with Gasteiger partial charge >= 0.3 is 5.97 Å². The molecule has 5 heteroatoms. The van der Waals surface area contributed by atoms with E-state index >= 15 is 0 Å². The van der Waals surface area contributed by atoms with Crippen LogP contribution < -0.4 is 5.32 Å². The molecule has 0 saturated heterocycles. The van der Waals surface area contributed by atoms with Gasteiger partial charge in [-0.15, -0.1) is 12.4 Å². The van der Waals surface area contributed by atoms with Crippen LogP contribution in [0.15, 0.2) is 0 Å². The van der Waals surface area contributed by atoms with Crippen LogP contribution in [-0.4, -0.2) is 35.4 Å². The molecule has 4 nitrogen and oxygen atoms in total. The van der Waals surface area contributed by atoms with E-state index in [1.165, 1.54) is 0 Å². The van der Waals surface area contributed by atoms with Crippen LogP contribution in [0.2, 0.25) is 0 Å². The molecule has 1 unspecified atom stereocenters. The number of carboxylic acids is 1. The number of hydrogen-bond donors (Lipinski definition) is 3. The third-order valence-electron chi connectivity index (χ3n) is 0.931. The molecule has 0 radical (unpaired) electrons. The number of carbonyl (C=O) groups is 1. The van der Waals surface area contributed by atoms with Crippen LogP contribution in [-0.2, 0) is 4.79 Å². The lowest BCUT2D eigenvalue weighted by molar-refractivity contribution is -0.140. The second-order valence-corrected chi connectivity index (χ2v) is 1.63. The highest BCUT2D eigenvalue weighted by molar-refractivity contribution is 5.85. The summed E-state index contributed by atoms with van der Waals surface area (Å²) in [7, 11) is 0. The number of nitrogens with one attached hydrogen (secondary N) is 1. The predicted octanol–water partition coefficient (Wildman–Crippen LogP) is -0.537. The van der Waals surface area contributed by atoms with Crippen molar-refractivity contribution < 1.29 is 15.0 Å². The van der Waals surface area contributed by atoms with Crippen LogP contribution in [0, 0.1) is 0 Å². The van der Waals surface area contributed by atoms with Crippen molar-refractivity contribution >= 4 is 18.4 Å². The molecule has 0 heterocycles. The van der Waals surface area contributed by atoms with Crippen LogP contribution in [0.1, 0.15) is 6.92 Å². The van der Waals surface area contributed by atoms with Gasteiger partial charge in [0.15, 0.2) is 0 Å². The highest BCUT2D eigenvalue weighted by Crippen LogP contribution is 1.79.